The van der Waals surface area contributed by atoms with E-state index in [-0.39, 0.29) is 5.78 Å². The molecule has 0 aliphatic carbocycles. The van der Waals surface area contributed by atoms with E-state index in [9.17, 15) is 4.79 Å². The first-order valence-corrected chi connectivity index (χ1v) is 5.77. The Balaban J connectivity index is 2.53. The monoisotopic (exact) mass is 215 g/mol. The Morgan fingerprint density at radius 1 is 1.31 bits per heavy atom. The number of aryl methyl sites for hydroxylation is 1. The van der Waals surface area contributed by atoms with E-state index in [1.807, 2.05) is 30.3 Å². The highest BCUT2D eigenvalue weighted by Gasteiger charge is 2.04. The smallest absolute Gasteiger partial charge is 0.162 e. The van der Waals surface area contributed by atoms with Gasteiger partial charge in [0.1, 0.15) is 0 Å². The molecule has 0 bridgehead atoms. The Kier molecular flexibility index (Phi) is 5.28. The van der Waals surface area contributed by atoms with Gasteiger partial charge in [-0.05, 0) is 18.4 Å². The molecule has 1 rings (SSSR count). The second-order valence-electron chi connectivity index (χ2n) is 3.88. The lowest BCUT2D eigenvalue weighted by Crippen LogP contribution is -1.98. The van der Waals surface area contributed by atoms with Gasteiger partial charge in [0.25, 0.3) is 0 Å². The molecule has 0 N–H and O–H groups in total. The van der Waals surface area contributed by atoms with Crippen molar-refractivity contribution < 1.29 is 4.79 Å². The van der Waals surface area contributed by atoms with Crippen LogP contribution >= 0.6 is 0 Å². The molecule has 0 heterocycles. The van der Waals surface area contributed by atoms with E-state index in [2.05, 4.69) is 6.92 Å². The third-order valence-electron chi connectivity index (χ3n) is 2.51. The van der Waals surface area contributed by atoms with Crippen molar-refractivity contribution in [3.05, 3.63) is 35.4 Å². The normalized spacial score (nSPS) is 9.75. The maximum atomic E-state index is 11.7. The average molecular weight is 215 g/mol. The van der Waals surface area contributed by atoms with E-state index in [0.717, 1.165) is 18.4 Å². The number of Topliss-reactive ketones (excluding diaryl/α,β-unsaturated/α-hetero) is 1. The molecule has 0 aliphatic rings. The summed E-state index contributed by atoms with van der Waals surface area (Å²) >= 11 is 0. The van der Waals surface area contributed by atoms with Gasteiger partial charge in [-0.3, -0.25) is 4.79 Å². The van der Waals surface area contributed by atoms with Crippen LogP contribution in [0, 0.1) is 11.3 Å². The Hall–Kier alpha value is -1.62. The first-order chi connectivity index (χ1) is 7.77. The maximum absolute atomic E-state index is 11.7. The molecule has 1 aromatic carbocycles. The zero-order valence-corrected chi connectivity index (χ0v) is 9.70. The van der Waals surface area contributed by atoms with Crippen LogP contribution in [0.3, 0.4) is 0 Å². The SMILES string of the molecule is CCCc1ccc(C(=O)CCCC#N)cc1. The molecular weight excluding hydrogens is 198 g/mol. The first-order valence-electron chi connectivity index (χ1n) is 5.77. The number of rotatable bonds is 6. The molecule has 0 spiro atoms. The summed E-state index contributed by atoms with van der Waals surface area (Å²) in [5.74, 6) is 0.137. The third-order valence-corrected chi connectivity index (χ3v) is 2.51. The van der Waals surface area contributed by atoms with E-state index in [1.165, 1.54) is 5.56 Å². The summed E-state index contributed by atoms with van der Waals surface area (Å²) in [5, 5.41) is 8.38. The first kappa shape index (κ1) is 12.4. The fourth-order valence-corrected chi connectivity index (χ4v) is 1.62. The van der Waals surface area contributed by atoms with Crippen LogP contribution in [0.25, 0.3) is 0 Å². The highest BCUT2D eigenvalue weighted by molar-refractivity contribution is 5.96. The Morgan fingerprint density at radius 3 is 2.56 bits per heavy atom. The van der Waals surface area contributed by atoms with Crippen molar-refractivity contribution in [2.75, 3.05) is 0 Å². The standard InChI is InChI=1S/C14H17NO/c1-2-5-12-7-9-13(10-8-12)14(16)6-3-4-11-15/h7-10H,2-6H2,1H3. The Morgan fingerprint density at radius 2 is 2.00 bits per heavy atom. The van der Waals surface area contributed by atoms with Crippen molar-refractivity contribution in [1.82, 2.24) is 0 Å². The number of unbranched alkanes of at least 4 members (excludes halogenated alkanes) is 1. The average Bonchev–Trinajstić information content (AvgIpc) is 2.30. The second kappa shape index (κ2) is 6.79. The van der Waals surface area contributed by atoms with Crippen molar-refractivity contribution in [3.63, 3.8) is 0 Å². The van der Waals surface area contributed by atoms with Crippen LogP contribution in [0.4, 0.5) is 0 Å². The fourth-order valence-electron chi connectivity index (χ4n) is 1.62. The molecule has 2 nitrogen and oxygen atoms in total. The molecule has 0 unspecified atom stereocenters. The van der Waals surface area contributed by atoms with E-state index >= 15 is 0 Å². The highest BCUT2D eigenvalue weighted by Crippen LogP contribution is 2.10. The molecule has 16 heavy (non-hydrogen) atoms. The van der Waals surface area contributed by atoms with Gasteiger partial charge in [-0.1, -0.05) is 37.6 Å². The van der Waals surface area contributed by atoms with Crippen LogP contribution in [0.5, 0.6) is 0 Å². The van der Waals surface area contributed by atoms with Gasteiger partial charge >= 0.3 is 0 Å². The molecular formula is C14H17NO. The predicted molar refractivity (Wildman–Crippen MR) is 64.2 cm³/mol. The van der Waals surface area contributed by atoms with Gasteiger partial charge in [-0.2, -0.15) is 5.26 Å². The van der Waals surface area contributed by atoms with Crippen LogP contribution in [0.1, 0.15) is 48.5 Å². The van der Waals surface area contributed by atoms with Crippen molar-refractivity contribution in [3.8, 4) is 6.07 Å². The quantitative estimate of drug-likeness (QED) is 0.538. The molecule has 0 saturated carbocycles. The van der Waals surface area contributed by atoms with Gasteiger partial charge in [0, 0.05) is 18.4 Å². The summed E-state index contributed by atoms with van der Waals surface area (Å²) in [5.41, 5.74) is 2.04. The molecule has 0 saturated heterocycles. The molecule has 0 aliphatic heterocycles. The zero-order chi connectivity index (χ0) is 11.8. The van der Waals surface area contributed by atoms with Gasteiger partial charge in [-0.25, -0.2) is 0 Å². The van der Waals surface area contributed by atoms with Gasteiger partial charge in [0.2, 0.25) is 0 Å². The Bertz CT molecular complexity index is 373. The molecule has 0 amide bonds. The minimum Gasteiger partial charge on any atom is -0.294 e. The van der Waals surface area contributed by atoms with E-state index < -0.39 is 0 Å². The fraction of sp³-hybridized carbons (Fsp3) is 0.429. The van der Waals surface area contributed by atoms with Crippen molar-refractivity contribution in [1.29, 1.82) is 5.26 Å². The maximum Gasteiger partial charge on any atom is 0.162 e. The second-order valence-corrected chi connectivity index (χ2v) is 3.88. The predicted octanol–water partition coefficient (Wildman–Crippen LogP) is 3.52. The minimum absolute atomic E-state index is 0.137. The van der Waals surface area contributed by atoms with Gasteiger partial charge in [0.15, 0.2) is 5.78 Å². The molecule has 1 aromatic rings. The van der Waals surface area contributed by atoms with Crippen LogP contribution in [0.15, 0.2) is 24.3 Å². The zero-order valence-electron chi connectivity index (χ0n) is 9.70. The largest absolute Gasteiger partial charge is 0.294 e. The summed E-state index contributed by atoms with van der Waals surface area (Å²) in [6.45, 7) is 2.14. The summed E-state index contributed by atoms with van der Waals surface area (Å²) in [4.78, 5) is 11.7. The van der Waals surface area contributed by atoms with Gasteiger partial charge in [0.05, 0.1) is 6.07 Å². The van der Waals surface area contributed by atoms with Crippen molar-refractivity contribution in [2.45, 2.75) is 39.0 Å². The summed E-state index contributed by atoms with van der Waals surface area (Å²) in [7, 11) is 0. The van der Waals surface area contributed by atoms with E-state index in [1.54, 1.807) is 0 Å². The van der Waals surface area contributed by atoms with Gasteiger partial charge < -0.3 is 0 Å². The summed E-state index contributed by atoms with van der Waals surface area (Å²) in [6, 6.07) is 9.86. The Labute approximate surface area is 96.9 Å². The highest BCUT2D eigenvalue weighted by atomic mass is 16.1. The van der Waals surface area contributed by atoms with Crippen LogP contribution < -0.4 is 0 Å². The lowest BCUT2D eigenvalue weighted by molar-refractivity contribution is 0.0980. The number of hydrogen-bond donors (Lipinski definition) is 0. The molecule has 0 aromatic heterocycles. The number of carbonyl (C=O) groups is 1. The third kappa shape index (κ3) is 3.86. The lowest BCUT2D eigenvalue weighted by Gasteiger charge is -2.02. The van der Waals surface area contributed by atoms with Crippen molar-refractivity contribution in [2.24, 2.45) is 0 Å². The minimum atomic E-state index is 0.137. The van der Waals surface area contributed by atoms with Crippen molar-refractivity contribution >= 4 is 5.78 Å². The van der Waals surface area contributed by atoms with E-state index in [0.29, 0.717) is 19.3 Å². The number of nitriles is 1. The number of ketones is 1. The number of nitrogens with zero attached hydrogens (tertiary/aromatic N) is 1. The molecule has 0 fully saturated rings. The number of hydrogen-bond acceptors (Lipinski definition) is 2. The van der Waals surface area contributed by atoms with Gasteiger partial charge in [-0.15, -0.1) is 0 Å². The molecule has 2 heteroatoms. The lowest BCUT2D eigenvalue weighted by atomic mass is 10.0. The summed E-state index contributed by atoms with van der Waals surface area (Å²) < 4.78 is 0. The van der Waals surface area contributed by atoms with Crippen LogP contribution in [-0.2, 0) is 6.42 Å². The number of benzene rings is 1. The van der Waals surface area contributed by atoms with Crippen LogP contribution in [-0.4, -0.2) is 5.78 Å². The number of carbonyl (C=O) groups excluding carboxylic acids is 1. The van der Waals surface area contributed by atoms with E-state index in [4.69, 9.17) is 5.26 Å². The molecule has 0 atom stereocenters. The molecule has 0 radical (unpaired) electrons. The topological polar surface area (TPSA) is 40.9 Å². The van der Waals surface area contributed by atoms with Crippen LogP contribution in [0.2, 0.25) is 0 Å². The summed E-state index contributed by atoms with van der Waals surface area (Å²) in [6.07, 6.45) is 3.77. The molecule has 84 valence electrons.